The summed E-state index contributed by atoms with van der Waals surface area (Å²) in [4.78, 5) is 28.3. The minimum Gasteiger partial charge on any atom is -0.454 e. The maximum Gasteiger partial charge on any atom is 0.317 e. The van der Waals surface area contributed by atoms with Crippen LogP contribution in [0, 0.1) is 50.2 Å². The first-order valence-electron chi connectivity index (χ1n) is 30.8. The van der Waals surface area contributed by atoms with Gasteiger partial charge in [-0.15, -0.1) is 0 Å². The molecule has 0 spiro atoms. The molecule has 5 heterocycles. The zero-order valence-corrected chi connectivity index (χ0v) is 50.7. The lowest BCUT2D eigenvalue weighted by Crippen LogP contribution is -2.71. The molecule has 88 heavy (non-hydrogen) atoms. The second kappa shape index (κ2) is 25.1. The first-order valence-corrected chi connectivity index (χ1v) is 30.8. The predicted molar refractivity (Wildman–Crippen MR) is 291 cm³/mol. The van der Waals surface area contributed by atoms with E-state index in [-0.39, 0.29) is 30.6 Å². The highest BCUT2D eigenvalue weighted by Crippen LogP contribution is 2.76. The fraction of sp³-hybridized carbons (Fsp3) is 0.932. The third-order valence-electron chi connectivity index (χ3n) is 22.9. The molecule has 0 aromatic carbocycles. The Bertz CT molecular complexity index is 2500. The maximum atomic E-state index is 15.6. The second-order valence-corrected chi connectivity index (χ2v) is 28.4. The summed E-state index contributed by atoms with van der Waals surface area (Å²) < 4.78 is 64.7. The highest BCUT2D eigenvalue weighted by molar-refractivity contribution is 5.80. The van der Waals surface area contributed by atoms with Gasteiger partial charge in [-0.05, 0) is 97.7 Å². The summed E-state index contributed by atoms with van der Waals surface area (Å²) in [5, 5.41) is 178. The highest BCUT2D eigenvalue weighted by atomic mass is 16.8. The molecule has 9 fully saturated rings. The lowest BCUT2D eigenvalue weighted by atomic mass is 9.33. The molecule has 0 aromatic heterocycles. The van der Waals surface area contributed by atoms with Crippen LogP contribution in [0.5, 0.6) is 0 Å². The molecule has 0 radical (unpaired) electrons. The van der Waals surface area contributed by atoms with E-state index in [9.17, 15) is 86.5 Å². The molecule has 10 aliphatic rings. The number of rotatable bonds is 15. The number of ether oxygens (including phenoxy) is 11. The van der Waals surface area contributed by atoms with Crippen molar-refractivity contribution in [2.45, 2.75) is 247 Å². The highest BCUT2D eigenvalue weighted by Gasteiger charge is 2.74. The van der Waals surface area contributed by atoms with Crippen molar-refractivity contribution in [2.75, 3.05) is 46.2 Å². The van der Waals surface area contributed by atoms with Gasteiger partial charge in [0.25, 0.3) is 0 Å². The van der Waals surface area contributed by atoms with E-state index in [1.807, 2.05) is 6.92 Å². The Balaban J connectivity index is 0.886. The Kier molecular flexibility index (Phi) is 19.6. The van der Waals surface area contributed by atoms with Gasteiger partial charge in [-0.1, -0.05) is 46.3 Å². The van der Waals surface area contributed by atoms with Crippen LogP contribution in [0.25, 0.3) is 0 Å². The molecule has 31 atom stereocenters. The van der Waals surface area contributed by atoms with Crippen molar-refractivity contribution in [1.29, 1.82) is 0 Å². The Morgan fingerprint density at radius 1 is 0.602 bits per heavy atom. The Morgan fingerprint density at radius 3 is 1.91 bits per heavy atom. The van der Waals surface area contributed by atoms with Crippen molar-refractivity contribution in [3.63, 3.8) is 0 Å². The molecule has 504 valence electrons. The van der Waals surface area contributed by atoms with E-state index < -0.39 is 244 Å². The number of hydrogen-bond donors (Lipinski definition) is 16. The van der Waals surface area contributed by atoms with E-state index in [1.165, 1.54) is 6.92 Å². The predicted octanol–water partition coefficient (Wildman–Crippen LogP) is -4.81. The van der Waals surface area contributed by atoms with Crippen molar-refractivity contribution in [1.82, 2.24) is 0 Å². The summed E-state index contributed by atoms with van der Waals surface area (Å²) >= 11 is 0. The van der Waals surface area contributed by atoms with Crippen LogP contribution in [0.2, 0.25) is 0 Å². The summed E-state index contributed by atoms with van der Waals surface area (Å²) in [6.07, 6.45) is -33.2. The van der Waals surface area contributed by atoms with Gasteiger partial charge >= 0.3 is 11.9 Å². The number of esters is 2. The van der Waals surface area contributed by atoms with E-state index in [4.69, 9.17) is 52.1 Å². The molecule has 10 rings (SSSR count). The average molecular weight is 1270 g/mol. The molecule has 29 heteroatoms. The third kappa shape index (κ3) is 11.1. The van der Waals surface area contributed by atoms with E-state index in [1.54, 1.807) is 0 Å². The quantitative estimate of drug-likeness (QED) is 0.0416. The normalized spacial score (nSPS) is 52.5. The van der Waals surface area contributed by atoms with Crippen molar-refractivity contribution in [2.24, 2.45) is 50.2 Å². The fourth-order valence-electron chi connectivity index (χ4n) is 17.7. The van der Waals surface area contributed by atoms with Crippen LogP contribution in [0.3, 0.4) is 0 Å². The van der Waals surface area contributed by atoms with Crippen LogP contribution >= 0.6 is 0 Å². The molecule has 5 aliphatic carbocycles. The molecule has 0 aromatic rings. The van der Waals surface area contributed by atoms with Crippen LogP contribution in [-0.2, 0) is 61.7 Å². The Morgan fingerprint density at radius 2 is 1.26 bits per heavy atom. The molecule has 5 aliphatic heterocycles. The van der Waals surface area contributed by atoms with E-state index in [0.29, 0.717) is 32.1 Å². The van der Waals surface area contributed by atoms with Crippen LogP contribution in [0.4, 0.5) is 0 Å². The van der Waals surface area contributed by atoms with E-state index >= 15 is 4.79 Å². The summed E-state index contributed by atoms with van der Waals surface area (Å²) in [5.74, 6) is -3.26. The first kappa shape index (κ1) is 68.5. The number of hydrogen-bond acceptors (Lipinski definition) is 29. The zero-order chi connectivity index (χ0) is 64.3. The van der Waals surface area contributed by atoms with Gasteiger partial charge in [-0.2, -0.15) is 0 Å². The number of aliphatic hydroxyl groups is 16. The summed E-state index contributed by atoms with van der Waals surface area (Å²) in [7, 11) is 0. The van der Waals surface area contributed by atoms with E-state index in [2.05, 4.69) is 33.8 Å². The third-order valence-corrected chi connectivity index (χ3v) is 22.9. The van der Waals surface area contributed by atoms with Gasteiger partial charge in [0, 0.05) is 12.3 Å². The molecule has 0 amide bonds. The van der Waals surface area contributed by atoms with Gasteiger partial charge < -0.3 is 134 Å². The molecule has 0 bridgehead atoms. The van der Waals surface area contributed by atoms with Crippen molar-refractivity contribution in [3.8, 4) is 0 Å². The second-order valence-electron chi connectivity index (χ2n) is 28.4. The largest absolute Gasteiger partial charge is 0.454 e. The summed E-state index contributed by atoms with van der Waals surface area (Å²) in [6, 6.07) is 0. The Labute approximate surface area is 508 Å². The molecule has 29 nitrogen and oxygen atoms in total. The van der Waals surface area contributed by atoms with Gasteiger partial charge in [-0.3, -0.25) is 9.59 Å². The van der Waals surface area contributed by atoms with Crippen LogP contribution in [0.15, 0.2) is 11.6 Å². The molecular weight excluding hydrogens is 1170 g/mol. The minimum atomic E-state index is -2.10. The average Bonchev–Trinajstić information content (AvgIpc) is 0.732. The van der Waals surface area contributed by atoms with Crippen molar-refractivity contribution >= 4 is 11.9 Å². The lowest BCUT2D eigenvalue weighted by molar-refractivity contribution is -0.372. The molecular formula is C59H94O29. The number of carbonyl (C=O) groups is 2. The first-order chi connectivity index (χ1) is 41.3. The van der Waals surface area contributed by atoms with E-state index in [0.717, 1.165) is 12.5 Å². The number of aliphatic hydroxyl groups excluding tert-OH is 15. The van der Waals surface area contributed by atoms with Crippen LogP contribution < -0.4 is 0 Å². The van der Waals surface area contributed by atoms with Crippen LogP contribution in [-0.4, -0.2) is 287 Å². The van der Waals surface area contributed by atoms with Gasteiger partial charge in [-0.25, -0.2) is 0 Å². The zero-order valence-electron chi connectivity index (χ0n) is 50.7. The Hall–Kier alpha value is -2.32. The lowest BCUT2D eigenvalue weighted by Gasteiger charge is -2.72. The molecule has 3 unspecified atom stereocenters. The van der Waals surface area contributed by atoms with Gasteiger partial charge in [0.1, 0.15) is 84.3 Å². The SMILES string of the molecule is CC(=O)O[C@H]1[C@H](O[C@H]2[C@H](OC(=O)[C@]34CCC(C)(C)CC3C3=CCC5[C@@]6(C)C[C@H](O)[C@H](O[C@@H]7O[C@H](CO)[C@@H](O)[C@H](O)[C@H]7O)C(CO)(CO)C6CC[C@@]5(C)[C@]3(C)C[C@H]4O)OC[C@H](O)[C@@H]2O)O[C@@H](C)[C@H](O[C@@H]2OC[C@@H](O)[C@H](O[C@@H]3OC[C@](O)(CO)[C@H]3O)[C@H]2O)[C@H]1O. The monoisotopic (exact) mass is 1270 g/mol. The van der Waals surface area contributed by atoms with Crippen LogP contribution in [0.1, 0.15) is 99.8 Å². The van der Waals surface area contributed by atoms with Gasteiger partial charge in [0.2, 0.25) is 6.29 Å². The van der Waals surface area contributed by atoms with Gasteiger partial charge in [0.05, 0.1) is 70.7 Å². The number of allylic oxidation sites excluding steroid dienone is 2. The number of fused-ring (bicyclic) bond motifs is 7. The molecule has 5 saturated heterocycles. The maximum absolute atomic E-state index is 15.6. The fourth-order valence-corrected chi connectivity index (χ4v) is 17.7. The molecule has 16 N–H and O–H groups in total. The minimum absolute atomic E-state index is 0.0607. The number of carbonyl (C=O) groups excluding carboxylic acids is 2. The van der Waals surface area contributed by atoms with Crippen molar-refractivity contribution in [3.05, 3.63) is 11.6 Å². The topological polar surface area (TPSA) is 459 Å². The van der Waals surface area contributed by atoms with Crippen molar-refractivity contribution < 1.29 is 143 Å². The standard InChI is InChI=1S/C59H94O29/c1-24-41(84-47-40(74)42(30(67)19-78-47)85-51-45(75)58(77,22-63)23-80-51)39(73)44(82-25(2)64)50(81-24)86-43-35(69)29(66)18-79-49(43)88-52(76)59-13-12-53(3,4)14-27(59)26-8-9-32-54(5)15-28(65)46(87-48-38(72)37(71)36(70)31(17-60)83-48)57(20-61,21-62)33(54)10-11-55(32,6)56(26,7)16-34(59)68/h8,24,27-51,60-63,65-75,77H,9-23H2,1-7H3/t24-,27?,28-,29-,30+,31+,32?,33?,34+,35-,36+,37-,38+,39+,40+,41-,42-,43+,44+,45-,46-,47-,48-,49-,50-,51-,54+,55+,56+,58+,59+/m0/s1. The summed E-state index contributed by atoms with van der Waals surface area (Å²) in [5.41, 5.74) is -7.00. The smallest absolute Gasteiger partial charge is 0.317 e. The summed E-state index contributed by atoms with van der Waals surface area (Å²) in [6.45, 7) is 8.32. The molecule has 4 saturated carbocycles. The van der Waals surface area contributed by atoms with Gasteiger partial charge in [0.15, 0.2) is 37.4 Å².